The highest BCUT2D eigenvalue weighted by atomic mass is 16.5. The molecular weight excluding hydrogens is 288 g/mol. The third-order valence-corrected chi connectivity index (χ3v) is 5.44. The molecule has 2 fully saturated rings. The zero-order valence-corrected chi connectivity index (χ0v) is 14.3. The molecule has 1 aromatic carbocycles. The minimum Gasteiger partial charge on any atom is -0.364 e. The van der Waals surface area contributed by atoms with Crippen LogP contribution in [-0.4, -0.2) is 36.1 Å². The summed E-state index contributed by atoms with van der Waals surface area (Å²) >= 11 is 0. The van der Waals surface area contributed by atoms with Crippen LogP contribution in [0.25, 0.3) is 0 Å². The molecule has 3 atom stereocenters. The molecular formula is C19H28N2O2. The van der Waals surface area contributed by atoms with Gasteiger partial charge in [-0.25, -0.2) is 0 Å². The molecule has 1 unspecified atom stereocenters. The van der Waals surface area contributed by atoms with Crippen LogP contribution in [0.15, 0.2) is 18.2 Å². The number of carbonyl (C=O) groups is 1. The molecule has 2 aliphatic heterocycles. The number of rotatable bonds is 3. The van der Waals surface area contributed by atoms with E-state index in [0.29, 0.717) is 6.54 Å². The molecule has 2 heterocycles. The van der Waals surface area contributed by atoms with Crippen LogP contribution in [0, 0.1) is 13.8 Å². The average Bonchev–Trinajstić information content (AvgIpc) is 3.06. The second-order valence-electron chi connectivity index (χ2n) is 6.89. The van der Waals surface area contributed by atoms with E-state index in [-0.39, 0.29) is 24.2 Å². The van der Waals surface area contributed by atoms with Crippen LogP contribution in [0.3, 0.4) is 0 Å². The van der Waals surface area contributed by atoms with Gasteiger partial charge in [-0.3, -0.25) is 4.79 Å². The van der Waals surface area contributed by atoms with Crippen molar-refractivity contribution in [2.45, 2.75) is 64.2 Å². The number of nitrogens with two attached hydrogens (primary N) is 1. The Hall–Kier alpha value is -1.39. The lowest BCUT2D eigenvalue weighted by atomic mass is 9.90. The molecule has 0 bridgehead atoms. The van der Waals surface area contributed by atoms with Crippen molar-refractivity contribution in [2.24, 2.45) is 5.73 Å². The van der Waals surface area contributed by atoms with Crippen LogP contribution in [0.1, 0.15) is 54.8 Å². The van der Waals surface area contributed by atoms with Gasteiger partial charge in [-0.05, 0) is 62.6 Å². The predicted octanol–water partition coefficient (Wildman–Crippen LogP) is 2.86. The monoisotopic (exact) mass is 316 g/mol. The fourth-order valence-electron chi connectivity index (χ4n) is 3.90. The Morgan fingerprint density at radius 1 is 1.26 bits per heavy atom. The number of amides is 1. The number of piperidine rings is 1. The molecule has 3 rings (SSSR count). The second kappa shape index (κ2) is 7.02. The van der Waals surface area contributed by atoms with Gasteiger partial charge in [0, 0.05) is 13.1 Å². The summed E-state index contributed by atoms with van der Waals surface area (Å²) in [7, 11) is 0. The van der Waals surface area contributed by atoms with Gasteiger partial charge in [0.1, 0.15) is 6.10 Å². The van der Waals surface area contributed by atoms with E-state index in [1.54, 1.807) is 0 Å². The van der Waals surface area contributed by atoms with Gasteiger partial charge in [-0.1, -0.05) is 18.2 Å². The van der Waals surface area contributed by atoms with E-state index in [0.717, 1.165) is 32.2 Å². The fraction of sp³-hybridized carbons (Fsp3) is 0.632. The molecule has 0 spiro atoms. The Labute approximate surface area is 139 Å². The van der Waals surface area contributed by atoms with E-state index >= 15 is 0 Å². The molecule has 0 saturated carbocycles. The van der Waals surface area contributed by atoms with Crippen LogP contribution in [0.2, 0.25) is 0 Å². The minimum absolute atomic E-state index is 0.0490. The van der Waals surface area contributed by atoms with Gasteiger partial charge >= 0.3 is 0 Å². The fourth-order valence-corrected chi connectivity index (χ4v) is 3.90. The summed E-state index contributed by atoms with van der Waals surface area (Å²) in [6.45, 7) is 5.65. The molecule has 4 nitrogen and oxygen atoms in total. The first-order valence-electron chi connectivity index (χ1n) is 8.84. The maximum absolute atomic E-state index is 13.0. The summed E-state index contributed by atoms with van der Waals surface area (Å²) in [4.78, 5) is 15.1. The second-order valence-corrected chi connectivity index (χ2v) is 6.89. The molecule has 0 aromatic heterocycles. The Morgan fingerprint density at radius 2 is 2.09 bits per heavy atom. The summed E-state index contributed by atoms with van der Waals surface area (Å²) in [6, 6.07) is 6.61. The first kappa shape index (κ1) is 16.5. The molecule has 0 aliphatic carbocycles. The number of hydrogen-bond donors (Lipinski definition) is 1. The van der Waals surface area contributed by atoms with E-state index in [9.17, 15) is 4.79 Å². The van der Waals surface area contributed by atoms with Gasteiger partial charge < -0.3 is 15.4 Å². The van der Waals surface area contributed by atoms with E-state index in [1.807, 2.05) is 0 Å². The Balaban J connectivity index is 1.81. The standard InChI is InChI=1S/C19H28N2O2/c1-13-6-5-7-16(14(13)2)17-8-3-4-11-21(17)19(22)18-10-9-15(12-20)23-18/h5-7,15,17-18H,3-4,8-12,20H2,1-2H3/t15-,17?,18+/m1/s1. The molecule has 1 amide bonds. The maximum atomic E-state index is 13.0. The molecule has 2 saturated heterocycles. The van der Waals surface area contributed by atoms with Crippen LogP contribution >= 0.6 is 0 Å². The third kappa shape index (κ3) is 3.29. The molecule has 1 aromatic rings. The van der Waals surface area contributed by atoms with Crippen molar-refractivity contribution in [3.63, 3.8) is 0 Å². The average molecular weight is 316 g/mol. The number of ether oxygens (including phenoxy) is 1. The van der Waals surface area contributed by atoms with Crippen molar-refractivity contribution in [3.8, 4) is 0 Å². The maximum Gasteiger partial charge on any atom is 0.252 e. The normalized spacial score (nSPS) is 28.1. The zero-order chi connectivity index (χ0) is 16.4. The topological polar surface area (TPSA) is 55.6 Å². The Kier molecular flexibility index (Phi) is 5.02. The number of benzene rings is 1. The summed E-state index contributed by atoms with van der Waals surface area (Å²) in [5.74, 6) is 0.159. The van der Waals surface area contributed by atoms with E-state index in [2.05, 4.69) is 36.9 Å². The highest BCUT2D eigenvalue weighted by Gasteiger charge is 2.37. The van der Waals surface area contributed by atoms with Crippen molar-refractivity contribution in [2.75, 3.05) is 13.1 Å². The number of likely N-dealkylation sites (tertiary alicyclic amines) is 1. The smallest absolute Gasteiger partial charge is 0.252 e. The lowest BCUT2D eigenvalue weighted by Crippen LogP contribution is -2.44. The number of carbonyl (C=O) groups excluding carboxylic acids is 1. The highest BCUT2D eigenvalue weighted by Crippen LogP contribution is 2.35. The van der Waals surface area contributed by atoms with Gasteiger partial charge in [-0.15, -0.1) is 0 Å². The number of aryl methyl sites for hydroxylation is 1. The zero-order valence-electron chi connectivity index (χ0n) is 14.3. The minimum atomic E-state index is -0.297. The van der Waals surface area contributed by atoms with Crippen molar-refractivity contribution in [1.82, 2.24) is 4.90 Å². The van der Waals surface area contributed by atoms with Crippen LogP contribution in [0.5, 0.6) is 0 Å². The first-order chi connectivity index (χ1) is 11.1. The van der Waals surface area contributed by atoms with E-state index < -0.39 is 0 Å². The van der Waals surface area contributed by atoms with Crippen molar-refractivity contribution in [1.29, 1.82) is 0 Å². The quantitative estimate of drug-likeness (QED) is 0.933. The van der Waals surface area contributed by atoms with Gasteiger partial charge in [0.05, 0.1) is 12.1 Å². The first-order valence-corrected chi connectivity index (χ1v) is 8.84. The van der Waals surface area contributed by atoms with Gasteiger partial charge in [0.15, 0.2) is 0 Å². The molecule has 2 aliphatic rings. The largest absolute Gasteiger partial charge is 0.364 e. The third-order valence-electron chi connectivity index (χ3n) is 5.44. The molecule has 23 heavy (non-hydrogen) atoms. The van der Waals surface area contributed by atoms with E-state index in [4.69, 9.17) is 10.5 Å². The van der Waals surface area contributed by atoms with E-state index in [1.165, 1.54) is 23.1 Å². The molecule has 0 radical (unpaired) electrons. The molecule has 4 heteroatoms. The SMILES string of the molecule is Cc1cccc(C2CCCCN2C(=O)[C@@H]2CC[C@H](CN)O2)c1C. The predicted molar refractivity (Wildman–Crippen MR) is 91.2 cm³/mol. The van der Waals surface area contributed by atoms with Gasteiger partial charge in [-0.2, -0.15) is 0 Å². The van der Waals surface area contributed by atoms with Crippen molar-refractivity contribution >= 4 is 5.91 Å². The van der Waals surface area contributed by atoms with Crippen molar-refractivity contribution < 1.29 is 9.53 Å². The Bertz CT molecular complexity index is 572. The number of hydrogen-bond acceptors (Lipinski definition) is 3. The molecule has 126 valence electrons. The highest BCUT2D eigenvalue weighted by molar-refractivity contribution is 5.82. The summed E-state index contributed by atoms with van der Waals surface area (Å²) in [6.07, 6.45) is 4.76. The summed E-state index contributed by atoms with van der Waals surface area (Å²) in [5, 5.41) is 0. The summed E-state index contributed by atoms with van der Waals surface area (Å²) < 4.78 is 5.85. The van der Waals surface area contributed by atoms with Crippen LogP contribution < -0.4 is 5.73 Å². The van der Waals surface area contributed by atoms with Crippen LogP contribution in [-0.2, 0) is 9.53 Å². The lowest BCUT2D eigenvalue weighted by molar-refractivity contribution is -0.146. The van der Waals surface area contributed by atoms with Crippen LogP contribution in [0.4, 0.5) is 0 Å². The lowest BCUT2D eigenvalue weighted by Gasteiger charge is -2.38. The van der Waals surface area contributed by atoms with Gasteiger partial charge in [0.2, 0.25) is 0 Å². The van der Waals surface area contributed by atoms with Gasteiger partial charge in [0.25, 0.3) is 5.91 Å². The van der Waals surface area contributed by atoms with Crippen molar-refractivity contribution in [3.05, 3.63) is 34.9 Å². The summed E-state index contributed by atoms with van der Waals surface area (Å²) in [5.41, 5.74) is 9.58. The molecule has 2 N–H and O–H groups in total. The number of nitrogens with zero attached hydrogens (tertiary/aromatic N) is 1. The Morgan fingerprint density at radius 3 is 2.83 bits per heavy atom.